The number of likely N-dealkylation sites (N-methyl/N-ethyl adjacent to an activating group) is 1. The van der Waals surface area contributed by atoms with Crippen LogP contribution in [-0.4, -0.2) is 52.7 Å². The highest BCUT2D eigenvalue weighted by Crippen LogP contribution is 2.22. The molecule has 0 saturated heterocycles. The van der Waals surface area contributed by atoms with E-state index < -0.39 is 44.3 Å². The van der Waals surface area contributed by atoms with Crippen molar-refractivity contribution in [1.82, 2.24) is 10.0 Å². The number of esters is 1. The van der Waals surface area contributed by atoms with Crippen LogP contribution < -0.4 is 20.5 Å². The highest BCUT2D eigenvalue weighted by molar-refractivity contribution is 7.89. The van der Waals surface area contributed by atoms with Crippen LogP contribution in [0.15, 0.2) is 47.4 Å². The Kier molecular flexibility index (Phi) is 10.2. The van der Waals surface area contributed by atoms with Gasteiger partial charge < -0.3 is 19.9 Å². The van der Waals surface area contributed by atoms with Crippen molar-refractivity contribution in [2.75, 3.05) is 20.7 Å². The highest BCUT2D eigenvalue weighted by Gasteiger charge is 2.42. The number of benzene rings is 2. The van der Waals surface area contributed by atoms with Gasteiger partial charge >= 0.3 is 17.8 Å². The first-order valence-corrected chi connectivity index (χ1v) is 13.2. The fourth-order valence-electron chi connectivity index (χ4n) is 3.33. The SMILES string of the molecule is C[NH2+]C(C)(OC(=O)NC(=N)c1ccc([O-])c(S(=O)(=O)NCCCc2ccc(C(C)C)cc2)c1)C(=O)OC. The van der Waals surface area contributed by atoms with Crippen molar-refractivity contribution >= 4 is 27.9 Å². The maximum Gasteiger partial charge on any atom is 0.418 e. The van der Waals surface area contributed by atoms with Crippen LogP contribution in [-0.2, 0) is 30.7 Å². The van der Waals surface area contributed by atoms with Crippen LogP contribution in [0.3, 0.4) is 0 Å². The van der Waals surface area contributed by atoms with E-state index in [0.717, 1.165) is 24.8 Å². The van der Waals surface area contributed by atoms with E-state index in [-0.39, 0.29) is 12.1 Å². The monoisotopic (exact) mass is 534 g/mol. The van der Waals surface area contributed by atoms with E-state index in [9.17, 15) is 23.1 Å². The third-order valence-electron chi connectivity index (χ3n) is 5.78. The topological polar surface area (TPSA) is 174 Å². The van der Waals surface area contributed by atoms with E-state index in [1.54, 1.807) is 0 Å². The Morgan fingerprint density at radius 1 is 1.16 bits per heavy atom. The summed E-state index contributed by atoms with van der Waals surface area (Å²) in [5.74, 6) is -1.67. The minimum Gasteiger partial charge on any atom is -0.872 e. The summed E-state index contributed by atoms with van der Waals surface area (Å²) in [5.41, 5.74) is 0.571. The molecule has 11 nitrogen and oxygen atoms in total. The number of amidine groups is 1. The van der Waals surface area contributed by atoms with E-state index in [2.05, 4.69) is 40.8 Å². The number of sulfonamides is 1. The van der Waals surface area contributed by atoms with Crippen molar-refractivity contribution < 1.29 is 37.9 Å². The lowest BCUT2D eigenvalue weighted by molar-refractivity contribution is -0.723. The number of carbonyl (C=O) groups excluding carboxylic acids is 2. The van der Waals surface area contributed by atoms with Gasteiger partial charge in [0.25, 0.3) is 0 Å². The molecule has 0 aromatic heterocycles. The van der Waals surface area contributed by atoms with E-state index in [1.807, 2.05) is 12.1 Å². The Balaban J connectivity index is 2.02. The standard InChI is InChI=1S/C25H34N4O7S/c1-16(2)18-10-8-17(9-11-18)7-6-14-28-37(33,34)21-15-19(12-13-20(21)30)22(26)29-24(32)36-25(3,27-4)23(31)35-5/h8-13,15-16,27-28,30H,6-7,14H2,1-5H3,(H2,26,29,32). The number of rotatable bonds is 11. The molecule has 0 aliphatic carbocycles. The Labute approximate surface area is 217 Å². The molecular formula is C25H34N4O7S. The predicted octanol–water partition coefficient (Wildman–Crippen LogP) is 0.929. The average Bonchev–Trinajstić information content (AvgIpc) is 2.86. The molecule has 12 heteroatoms. The number of quaternary nitrogens is 1. The van der Waals surface area contributed by atoms with Crippen LogP contribution in [0, 0.1) is 5.41 Å². The molecule has 5 N–H and O–H groups in total. The quantitative estimate of drug-likeness (QED) is 0.109. The van der Waals surface area contributed by atoms with Gasteiger partial charge in [-0.1, -0.05) is 56.0 Å². The molecule has 202 valence electrons. The van der Waals surface area contributed by atoms with Gasteiger partial charge in [0.1, 0.15) is 5.84 Å². The van der Waals surface area contributed by atoms with Crippen LogP contribution in [0.25, 0.3) is 0 Å². The summed E-state index contributed by atoms with van der Waals surface area (Å²) < 4.78 is 37.6. The predicted molar refractivity (Wildman–Crippen MR) is 135 cm³/mol. The van der Waals surface area contributed by atoms with Crippen LogP contribution in [0.1, 0.15) is 49.8 Å². The minimum absolute atomic E-state index is 0.0394. The Bertz CT molecular complexity index is 1230. The van der Waals surface area contributed by atoms with Crippen molar-refractivity contribution in [1.29, 1.82) is 5.41 Å². The molecule has 2 aromatic carbocycles. The smallest absolute Gasteiger partial charge is 0.418 e. The van der Waals surface area contributed by atoms with Crippen molar-refractivity contribution in [3.63, 3.8) is 0 Å². The minimum atomic E-state index is -4.16. The average molecular weight is 535 g/mol. The van der Waals surface area contributed by atoms with Crippen LogP contribution >= 0.6 is 0 Å². The lowest BCUT2D eigenvalue weighted by Gasteiger charge is -2.22. The Hall–Kier alpha value is -3.48. The largest absolute Gasteiger partial charge is 0.872 e. The number of aryl methyl sites for hydroxylation is 1. The second-order valence-corrected chi connectivity index (χ2v) is 10.6. The van der Waals surface area contributed by atoms with Gasteiger partial charge in [-0.3, -0.25) is 10.7 Å². The van der Waals surface area contributed by atoms with Crippen LogP contribution in [0.5, 0.6) is 5.75 Å². The number of amides is 1. The molecular weight excluding hydrogens is 500 g/mol. The van der Waals surface area contributed by atoms with Crippen LogP contribution in [0.4, 0.5) is 4.79 Å². The van der Waals surface area contributed by atoms with Crippen molar-refractivity contribution in [3.8, 4) is 5.75 Å². The number of nitrogens with two attached hydrogens (primary N) is 1. The molecule has 0 bridgehead atoms. The summed E-state index contributed by atoms with van der Waals surface area (Å²) >= 11 is 0. The van der Waals surface area contributed by atoms with E-state index in [0.29, 0.717) is 18.8 Å². The van der Waals surface area contributed by atoms with Gasteiger partial charge in [0.15, 0.2) is 0 Å². The maximum atomic E-state index is 12.8. The summed E-state index contributed by atoms with van der Waals surface area (Å²) in [6.07, 6.45) is 0.0397. The normalized spacial score (nSPS) is 13.0. The Morgan fingerprint density at radius 2 is 1.81 bits per heavy atom. The number of carbonyl (C=O) groups is 2. The van der Waals surface area contributed by atoms with Gasteiger partial charge in [-0.15, -0.1) is 0 Å². The van der Waals surface area contributed by atoms with E-state index in [1.165, 1.54) is 30.9 Å². The molecule has 0 aliphatic heterocycles. The van der Waals surface area contributed by atoms with Gasteiger partial charge in [0.05, 0.1) is 19.1 Å². The van der Waals surface area contributed by atoms with E-state index in [4.69, 9.17) is 10.1 Å². The number of nitrogens with one attached hydrogen (secondary N) is 3. The molecule has 1 amide bonds. The maximum absolute atomic E-state index is 12.8. The fourth-order valence-corrected chi connectivity index (χ4v) is 4.52. The number of ether oxygens (including phenoxy) is 2. The zero-order chi connectivity index (χ0) is 27.8. The van der Waals surface area contributed by atoms with Gasteiger partial charge in [0, 0.05) is 19.0 Å². The molecule has 0 spiro atoms. The lowest BCUT2D eigenvalue weighted by Crippen LogP contribution is -2.96. The zero-order valence-corrected chi connectivity index (χ0v) is 22.4. The molecule has 0 saturated carbocycles. The number of methoxy groups -OCH3 is 1. The highest BCUT2D eigenvalue weighted by atomic mass is 32.2. The van der Waals surface area contributed by atoms with Gasteiger partial charge in [-0.25, -0.2) is 22.7 Å². The number of alkyl carbamates (subject to hydrolysis) is 1. The fraction of sp³-hybridized carbons (Fsp3) is 0.400. The molecule has 1 atom stereocenters. The molecule has 2 aromatic rings. The first-order chi connectivity index (χ1) is 17.3. The summed E-state index contributed by atoms with van der Waals surface area (Å²) in [7, 11) is -1.53. The molecule has 37 heavy (non-hydrogen) atoms. The molecule has 0 radical (unpaired) electrons. The molecule has 0 aliphatic rings. The van der Waals surface area contributed by atoms with Gasteiger partial charge in [-0.2, -0.15) is 0 Å². The van der Waals surface area contributed by atoms with Crippen molar-refractivity contribution in [2.24, 2.45) is 0 Å². The Morgan fingerprint density at radius 3 is 2.38 bits per heavy atom. The molecule has 0 heterocycles. The first-order valence-electron chi connectivity index (χ1n) is 11.7. The summed E-state index contributed by atoms with van der Waals surface area (Å²) in [6, 6.07) is 11.3. The molecule has 2 rings (SSSR count). The summed E-state index contributed by atoms with van der Waals surface area (Å²) in [6.45, 7) is 5.64. The van der Waals surface area contributed by atoms with Gasteiger partial charge in [0.2, 0.25) is 10.0 Å². The number of hydrogen-bond donors (Lipinski definition) is 4. The zero-order valence-electron chi connectivity index (χ0n) is 21.6. The van der Waals surface area contributed by atoms with E-state index >= 15 is 0 Å². The number of hydrogen-bond acceptors (Lipinski definition) is 8. The second kappa shape index (κ2) is 12.7. The van der Waals surface area contributed by atoms with Gasteiger partial charge in [-0.05, 0) is 36.0 Å². The van der Waals surface area contributed by atoms with Crippen molar-refractivity contribution in [2.45, 2.75) is 50.2 Å². The van der Waals surface area contributed by atoms with Crippen LogP contribution in [0.2, 0.25) is 0 Å². The third kappa shape index (κ3) is 8.00. The van der Waals surface area contributed by atoms with Crippen molar-refractivity contribution in [3.05, 3.63) is 59.2 Å². The third-order valence-corrected chi connectivity index (χ3v) is 7.26. The lowest BCUT2D eigenvalue weighted by atomic mass is 10.0. The summed E-state index contributed by atoms with van der Waals surface area (Å²) in [4.78, 5) is 23.5. The summed E-state index contributed by atoms with van der Waals surface area (Å²) in [5, 5.41) is 23.8. The second-order valence-electron chi connectivity index (χ2n) is 8.84. The molecule has 1 unspecified atom stereocenters. The first kappa shape index (κ1) is 29.7. The molecule has 0 fully saturated rings.